The second-order valence-electron chi connectivity index (χ2n) is 12.8. The van der Waals surface area contributed by atoms with Crippen LogP contribution in [-0.2, 0) is 0 Å². The number of rotatable bonds is 4. The highest BCUT2D eigenvalue weighted by atomic mass is 32.1. The van der Waals surface area contributed by atoms with Crippen molar-refractivity contribution >= 4 is 75.3 Å². The summed E-state index contributed by atoms with van der Waals surface area (Å²) in [7, 11) is 0. The smallest absolute Gasteiger partial charge is 0.164 e. The lowest BCUT2D eigenvalue weighted by Gasteiger charge is -2.13. The first-order valence-electron chi connectivity index (χ1n) is 17.0. The summed E-state index contributed by atoms with van der Waals surface area (Å²) in [4.78, 5) is 15.3. The Morgan fingerprint density at radius 2 is 1.08 bits per heavy atom. The maximum Gasteiger partial charge on any atom is 0.164 e. The fourth-order valence-corrected chi connectivity index (χ4v) is 8.85. The maximum atomic E-state index is 6.42. The van der Waals surface area contributed by atoms with Gasteiger partial charge in [0.05, 0.1) is 26.8 Å². The number of fused-ring (bicyclic) bond motifs is 10. The van der Waals surface area contributed by atoms with Crippen LogP contribution in [0, 0.1) is 0 Å². The van der Waals surface area contributed by atoms with E-state index < -0.39 is 0 Å². The molecule has 0 aliphatic heterocycles. The van der Waals surface area contributed by atoms with Gasteiger partial charge in [0.25, 0.3) is 0 Å². The Hall–Kier alpha value is -6.63. The molecule has 7 aromatic carbocycles. The molecule has 11 rings (SSSR count). The van der Waals surface area contributed by atoms with Crippen LogP contribution in [0.25, 0.3) is 104 Å². The normalized spacial score (nSPS) is 11.9. The number of para-hydroxylation sites is 2. The molecule has 0 saturated heterocycles. The Balaban J connectivity index is 1.26. The van der Waals surface area contributed by atoms with Crippen molar-refractivity contribution in [2.45, 2.75) is 0 Å². The third kappa shape index (κ3) is 4.24. The number of hydrogen-bond acceptors (Lipinski definition) is 5. The van der Waals surface area contributed by atoms with Crippen molar-refractivity contribution in [2.75, 3.05) is 0 Å². The van der Waals surface area contributed by atoms with Crippen LogP contribution in [0.5, 0.6) is 0 Å². The van der Waals surface area contributed by atoms with Gasteiger partial charge in [-0.05, 0) is 42.5 Å². The van der Waals surface area contributed by atoms with Crippen LogP contribution in [0.4, 0.5) is 0 Å². The van der Waals surface area contributed by atoms with Crippen LogP contribution >= 0.6 is 11.3 Å². The zero-order valence-corrected chi connectivity index (χ0v) is 27.9. The highest BCUT2D eigenvalue weighted by Crippen LogP contribution is 2.46. The standard InChI is InChI=1S/C45H26N4OS/c1-3-13-27(14-4-1)43-46-44(28-15-5-2-6-16-28)48-45(47-43)33-23-25-35(42-39(33)32-19-9-12-22-38(32)51-42)49-34-20-10-7-17-29(34)30-24-26-37-40(41(30)49)31-18-8-11-21-36(31)50-37/h1-26H. The lowest BCUT2D eigenvalue weighted by atomic mass is 10.0. The predicted octanol–water partition coefficient (Wildman–Crippen LogP) is 12.2. The fourth-order valence-electron chi connectivity index (χ4n) is 7.62. The number of hydrogen-bond donors (Lipinski definition) is 0. The number of aromatic nitrogens is 4. The maximum absolute atomic E-state index is 6.42. The topological polar surface area (TPSA) is 56.7 Å². The molecule has 0 atom stereocenters. The average molecular weight is 671 g/mol. The van der Waals surface area contributed by atoms with E-state index in [1.165, 1.54) is 25.6 Å². The van der Waals surface area contributed by atoms with E-state index in [-0.39, 0.29) is 0 Å². The first kappa shape index (κ1) is 28.2. The molecule has 238 valence electrons. The highest BCUT2D eigenvalue weighted by Gasteiger charge is 2.23. The summed E-state index contributed by atoms with van der Waals surface area (Å²) < 4.78 is 11.2. The third-order valence-electron chi connectivity index (χ3n) is 9.86. The lowest BCUT2D eigenvalue weighted by molar-refractivity contribution is 0.669. The summed E-state index contributed by atoms with van der Waals surface area (Å²) in [5, 5.41) is 6.94. The summed E-state index contributed by atoms with van der Waals surface area (Å²) in [6.07, 6.45) is 0. The quantitative estimate of drug-likeness (QED) is 0.187. The number of nitrogens with zero attached hydrogens (tertiary/aromatic N) is 4. The molecule has 0 unspecified atom stereocenters. The van der Waals surface area contributed by atoms with Crippen molar-refractivity contribution in [2.24, 2.45) is 0 Å². The van der Waals surface area contributed by atoms with E-state index in [1.807, 2.05) is 53.8 Å². The van der Waals surface area contributed by atoms with Crippen molar-refractivity contribution in [3.8, 4) is 39.9 Å². The van der Waals surface area contributed by atoms with Crippen molar-refractivity contribution in [3.05, 3.63) is 158 Å². The van der Waals surface area contributed by atoms with Gasteiger partial charge in [-0.1, -0.05) is 115 Å². The average Bonchev–Trinajstić information content (AvgIpc) is 3.88. The van der Waals surface area contributed by atoms with E-state index in [9.17, 15) is 0 Å². The van der Waals surface area contributed by atoms with Gasteiger partial charge in [0.1, 0.15) is 11.2 Å². The predicted molar refractivity (Wildman–Crippen MR) is 211 cm³/mol. The minimum absolute atomic E-state index is 0.646. The SMILES string of the molecule is c1ccc(-c2nc(-c3ccccc3)nc(-c3ccc(-n4c5ccccc5c5ccc6oc7ccccc7c6c54)c4sc5ccccc5c34)n2)cc1. The van der Waals surface area contributed by atoms with E-state index in [1.54, 1.807) is 0 Å². The van der Waals surface area contributed by atoms with Crippen LogP contribution in [0.3, 0.4) is 0 Å². The number of furan rings is 1. The second-order valence-corrected chi connectivity index (χ2v) is 13.8. The molecule has 5 nitrogen and oxygen atoms in total. The fraction of sp³-hybridized carbons (Fsp3) is 0. The lowest BCUT2D eigenvalue weighted by Crippen LogP contribution is -2.01. The molecule has 11 aromatic rings. The van der Waals surface area contributed by atoms with Crippen LogP contribution in [0.15, 0.2) is 162 Å². The summed E-state index contributed by atoms with van der Waals surface area (Å²) >= 11 is 1.81. The van der Waals surface area contributed by atoms with Gasteiger partial charge in [-0.25, -0.2) is 15.0 Å². The van der Waals surface area contributed by atoms with E-state index in [0.717, 1.165) is 60.7 Å². The molecule has 6 heteroatoms. The van der Waals surface area contributed by atoms with Crippen molar-refractivity contribution in [1.82, 2.24) is 19.5 Å². The summed E-state index contributed by atoms with van der Waals surface area (Å²) in [5.41, 5.74) is 8.03. The van der Waals surface area contributed by atoms with Gasteiger partial charge in [-0.2, -0.15) is 0 Å². The second kappa shape index (κ2) is 10.9. The molecule has 0 bridgehead atoms. The molecule has 0 amide bonds. The molecule has 0 aliphatic rings. The van der Waals surface area contributed by atoms with Crippen LogP contribution < -0.4 is 0 Å². The minimum atomic E-state index is 0.646. The van der Waals surface area contributed by atoms with Gasteiger partial charge in [0.2, 0.25) is 0 Å². The van der Waals surface area contributed by atoms with Crippen LogP contribution in [-0.4, -0.2) is 19.5 Å². The van der Waals surface area contributed by atoms with E-state index in [2.05, 4.69) is 120 Å². The summed E-state index contributed by atoms with van der Waals surface area (Å²) in [5.74, 6) is 1.94. The third-order valence-corrected chi connectivity index (χ3v) is 11.1. The molecule has 0 saturated carbocycles. The molecule has 4 aromatic heterocycles. The number of thiophene rings is 1. The Bertz CT molecular complexity index is 3080. The Kier molecular flexibility index (Phi) is 6.05. The molecule has 4 heterocycles. The first-order chi connectivity index (χ1) is 25.3. The summed E-state index contributed by atoms with van der Waals surface area (Å²) in [6.45, 7) is 0. The molecular formula is C45H26N4OS. The van der Waals surface area contributed by atoms with Crippen molar-refractivity contribution < 1.29 is 4.42 Å². The van der Waals surface area contributed by atoms with E-state index >= 15 is 0 Å². The molecule has 0 radical (unpaired) electrons. The Morgan fingerprint density at radius 1 is 0.451 bits per heavy atom. The summed E-state index contributed by atoms with van der Waals surface area (Å²) in [6, 6.07) is 54.7. The van der Waals surface area contributed by atoms with Gasteiger partial charge < -0.3 is 8.98 Å². The molecule has 51 heavy (non-hydrogen) atoms. The van der Waals surface area contributed by atoms with E-state index in [4.69, 9.17) is 19.4 Å². The molecule has 0 N–H and O–H groups in total. The van der Waals surface area contributed by atoms with Crippen LogP contribution in [0.1, 0.15) is 0 Å². The molecule has 0 aliphatic carbocycles. The van der Waals surface area contributed by atoms with Crippen molar-refractivity contribution in [1.29, 1.82) is 0 Å². The zero-order valence-electron chi connectivity index (χ0n) is 27.1. The number of benzene rings is 7. The monoisotopic (exact) mass is 670 g/mol. The van der Waals surface area contributed by atoms with Gasteiger partial charge in [-0.3, -0.25) is 0 Å². The molecular weight excluding hydrogens is 645 g/mol. The Labute approximate surface area is 295 Å². The van der Waals surface area contributed by atoms with Gasteiger partial charge in [-0.15, -0.1) is 11.3 Å². The van der Waals surface area contributed by atoms with Crippen molar-refractivity contribution in [3.63, 3.8) is 0 Å². The van der Waals surface area contributed by atoms with E-state index in [0.29, 0.717) is 17.5 Å². The largest absolute Gasteiger partial charge is 0.456 e. The van der Waals surface area contributed by atoms with Gasteiger partial charge in [0, 0.05) is 48.3 Å². The minimum Gasteiger partial charge on any atom is -0.456 e. The Morgan fingerprint density at radius 3 is 1.84 bits per heavy atom. The zero-order chi connectivity index (χ0) is 33.5. The molecule has 0 fully saturated rings. The van der Waals surface area contributed by atoms with Crippen LogP contribution in [0.2, 0.25) is 0 Å². The highest BCUT2D eigenvalue weighted by molar-refractivity contribution is 7.26. The van der Waals surface area contributed by atoms with Gasteiger partial charge >= 0.3 is 0 Å². The molecule has 0 spiro atoms. The first-order valence-corrected chi connectivity index (χ1v) is 17.8. The van der Waals surface area contributed by atoms with Gasteiger partial charge in [0.15, 0.2) is 17.5 Å².